The highest BCUT2D eigenvalue weighted by molar-refractivity contribution is 8.09. The zero-order valence-electron chi connectivity index (χ0n) is 8.62. The molecule has 13 heavy (non-hydrogen) atoms. The predicted molar refractivity (Wildman–Crippen MR) is 63.4 cm³/mol. The Hall–Kier alpha value is 0.170. The molecule has 0 N–H and O–H groups in total. The minimum atomic E-state index is 0.112. The molecule has 78 valence electrons. The van der Waals surface area contributed by atoms with Gasteiger partial charge >= 0.3 is 0 Å². The molecule has 0 atom stereocenters. The summed E-state index contributed by atoms with van der Waals surface area (Å²) in [7, 11) is 0. The molecule has 0 aliphatic carbocycles. The van der Waals surface area contributed by atoms with E-state index >= 15 is 0 Å². The Morgan fingerprint density at radius 3 is 2.54 bits per heavy atom. The first-order valence-electron chi connectivity index (χ1n) is 4.60. The van der Waals surface area contributed by atoms with Crippen LogP contribution in [0.1, 0.15) is 20.8 Å². The Balaban J connectivity index is 3.81. The van der Waals surface area contributed by atoms with E-state index in [-0.39, 0.29) is 11.8 Å². The average molecular weight is 221 g/mol. The van der Waals surface area contributed by atoms with Crippen LogP contribution >= 0.6 is 24.4 Å². The van der Waals surface area contributed by atoms with E-state index in [0.29, 0.717) is 0 Å². The molecular formula is C9H19NOS2. The molecule has 4 heteroatoms. The number of nitrogens with zero attached hydrogens (tertiary/aromatic N) is 1. The molecule has 0 unspecified atom stereocenters. The van der Waals surface area contributed by atoms with Crippen molar-refractivity contribution in [3.63, 3.8) is 0 Å². The van der Waals surface area contributed by atoms with Crippen molar-refractivity contribution in [3.8, 4) is 0 Å². The van der Waals surface area contributed by atoms with E-state index in [4.69, 9.17) is 0 Å². The summed E-state index contributed by atoms with van der Waals surface area (Å²) in [6.45, 7) is 7.56. The number of amides is 1. The van der Waals surface area contributed by atoms with Gasteiger partial charge in [-0.25, -0.2) is 0 Å². The molecule has 0 fully saturated rings. The van der Waals surface area contributed by atoms with Gasteiger partial charge in [0.15, 0.2) is 0 Å². The van der Waals surface area contributed by atoms with Crippen LogP contribution in [0, 0.1) is 5.92 Å². The quantitative estimate of drug-likeness (QED) is 0.421. The summed E-state index contributed by atoms with van der Waals surface area (Å²) in [4.78, 5) is 13.5. The molecule has 0 aromatic rings. The standard InChI is InChI=1S/C9H19NOS2/c1-4-10(5-6-13-7-12)9(11)8(2)3/h8,12H,4-7H2,1-3H3. The maximum absolute atomic E-state index is 11.6. The van der Waals surface area contributed by atoms with Gasteiger partial charge in [0.1, 0.15) is 0 Å². The van der Waals surface area contributed by atoms with Crippen LogP contribution in [-0.2, 0) is 4.79 Å². The Morgan fingerprint density at radius 1 is 1.54 bits per heavy atom. The van der Waals surface area contributed by atoms with Crippen LogP contribution in [0.2, 0.25) is 0 Å². The van der Waals surface area contributed by atoms with E-state index in [9.17, 15) is 4.79 Å². The molecule has 0 aliphatic heterocycles. The maximum atomic E-state index is 11.6. The molecule has 0 spiro atoms. The Labute approximate surface area is 90.9 Å². The third kappa shape index (κ3) is 5.47. The van der Waals surface area contributed by atoms with Crippen LogP contribution in [-0.4, -0.2) is 34.7 Å². The normalized spacial score (nSPS) is 10.5. The van der Waals surface area contributed by atoms with Crippen molar-refractivity contribution in [2.75, 3.05) is 23.9 Å². The SMILES string of the molecule is CCN(CCSCS)C(=O)C(C)C. The van der Waals surface area contributed by atoms with Gasteiger partial charge in [-0.15, -0.1) is 11.8 Å². The lowest BCUT2D eigenvalue weighted by molar-refractivity contribution is -0.133. The van der Waals surface area contributed by atoms with Crippen LogP contribution < -0.4 is 0 Å². The highest BCUT2D eigenvalue weighted by Crippen LogP contribution is 2.05. The summed E-state index contributed by atoms with van der Waals surface area (Å²) in [5, 5.41) is 0.827. The van der Waals surface area contributed by atoms with Crippen molar-refractivity contribution in [3.05, 3.63) is 0 Å². The smallest absolute Gasteiger partial charge is 0.225 e. The van der Waals surface area contributed by atoms with Gasteiger partial charge < -0.3 is 4.90 Å². The van der Waals surface area contributed by atoms with E-state index in [1.807, 2.05) is 25.7 Å². The lowest BCUT2D eigenvalue weighted by Crippen LogP contribution is -2.35. The monoisotopic (exact) mass is 221 g/mol. The largest absolute Gasteiger partial charge is 0.342 e. The minimum Gasteiger partial charge on any atom is -0.342 e. The summed E-state index contributed by atoms with van der Waals surface area (Å²) in [6.07, 6.45) is 0. The van der Waals surface area contributed by atoms with Crippen LogP contribution in [0.4, 0.5) is 0 Å². The number of thiol groups is 1. The van der Waals surface area contributed by atoms with Crippen molar-refractivity contribution in [1.82, 2.24) is 4.90 Å². The molecule has 0 bridgehead atoms. The van der Waals surface area contributed by atoms with Gasteiger partial charge in [-0.2, -0.15) is 12.6 Å². The highest BCUT2D eigenvalue weighted by atomic mass is 32.2. The summed E-state index contributed by atoms with van der Waals surface area (Å²) in [6, 6.07) is 0. The number of rotatable bonds is 6. The zero-order valence-corrected chi connectivity index (χ0v) is 10.3. The zero-order chi connectivity index (χ0) is 10.3. The topological polar surface area (TPSA) is 20.3 Å². The van der Waals surface area contributed by atoms with Crippen LogP contribution in [0.15, 0.2) is 0 Å². The molecule has 1 amide bonds. The number of carbonyl (C=O) groups excluding carboxylic acids is 1. The second-order valence-electron chi connectivity index (χ2n) is 3.11. The molecule has 0 radical (unpaired) electrons. The van der Waals surface area contributed by atoms with Gasteiger partial charge in [-0.3, -0.25) is 4.79 Å². The van der Waals surface area contributed by atoms with Crippen molar-refractivity contribution < 1.29 is 4.79 Å². The van der Waals surface area contributed by atoms with Gasteiger partial charge in [-0.05, 0) is 6.92 Å². The van der Waals surface area contributed by atoms with Gasteiger partial charge in [-0.1, -0.05) is 13.8 Å². The van der Waals surface area contributed by atoms with Crippen molar-refractivity contribution in [2.45, 2.75) is 20.8 Å². The van der Waals surface area contributed by atoms with E-state index in [1.165, 1.54) is 0 Å². The molecule has 0 saturated heterocycles. The van der Waals surface area contributed by atoms with Crippen LogP contribution in [0.3, 0.4) is 0 Å². The predicted octanol–water partition coefficient (Wildman–Crippen LogP) is 2.11. The Morgan fingerprint density at radius 2 is 2.15 bits per heavy atom. The minimum absolute atomic E-state index is 0.112. The first kappa shape index (κ1) is 13.2. The Bertz CT molecular complexity index is 151. The summed E-state index contributed by atoms with van der Waals surface area (Å²) < 4.78 is 0. The molecule has 0 aliphatic rings. The highest BCUT2D eigenvalue weighted by Gasteiger charge is 2.14. The number of thioether (sulfide) groups is 1. The van der Waals surface area contributed by atoms with E-state index < -0.39 is 0 Å². The van der Waals surface area contributed by atoms with E-state index in [0.717, 1.165) is 23.9 Å². The van der Waals surface area contributed by atoms with Gasteiger partial charge in [0.25, 0.3) is 0 Å². The van der Waals surface area contributed by atoms with Gasteiger partial charge in [0, 0.05) is 29.8 Å². The lowest BCUT2D eigenvalue weighted by atomic mass is 10.2. The first-order valence-corrected chi connectivity index (χ1v) is 6.39. The van der Waals surface area contributed by atoms with E-state index in [2.05, 4.69) is 12.6 Å². The molecule has 0 saturated carbocycles. The van der Waals surface area contributed by atoms with Crippen LogP contribution in [0.5, 0.6) is 0 Å². The van der Waals surface area contributed by atoms with Crippen LogP contribution in [0.25, 0.3) is 0 Å². The first-order chi connectivity index (χ1) is 6.13. The van der Waals surface area contributed by atoms with Gasteiger partial charge in [0.2, 0.25) is 5.91 Å². The van der Waals surface area contributed by atoms with Gasteiger partial charge in [0.05, 0.1) is 0 Å². The fraction of sp³-hybridized carbons (Fsp3) is 0.889. The average Bonchev–Trinajstić information content (AvgIpc) is 2.11. The molecule has 0 rings (SSSR count). The van der Waals surface area contributed by atoms with Crippen molar-refractivity contribution >= 4 is 30.3 Å². The fourth-order valence-corrected chi connectivity index (χ4v) is 1.89. The third-order valence-corrected chi connectivity index (χ3v) is 2.99. The fourth-order valence-electron chi connectivity index (χ4n) is 1.03. The van der Waals surface area contributed by atoms with E-state index in [1.54, 1.807) is 11.8 Å². The number of carbonyl (C=O) groups is 1. The molecule has 0 aromatic carbocycles. The number of hydrogen-bond acceptors (Lipinski definition) is 3. The summed E-state index contributed by atoms with van der Waals surface area (Å²) in [5.41, 5.74) is 0. The number of hydrogen-bond donors (Lipinski definition) is 1. The lowest BCUT2D eigenvalue weighted by Gasteiger charge is -2.22. The second kappa shape index (κ2) is 7.56. The molecule has 0 heterocycles. The van der Waals surface area contributed by atoms with Crippen molar-refractivity contribution in [1.29, 1.82) is 0 Å². The van der Waals surface area contributed by atoms with Crippen molar-refractivity contribution in [2.24, 2.45) is 5.92 Å². The second-order valence-corrected chi connectivity index (χ2v) is 4.96. The molecular weight excluding hydrogens is 202 g/mol. The third-order valence-electron chi connectivity index (χ3n) is 1.78. The summed E-state index contributed by atoms with van der Waals surface area (Å²) in [5.74, 6) is 1.35. The maximum Gasteiger partial charge on any atom is 0.225 e. The Kier molecular flexibility index (Phi) is 7.66. The molecule has 0 aromatic heterocycles. The molecule has 2 nitrogen and oxygen atoms in total. The summed E-state index contributed by atoms with van der Waals surface area (Å²) >= 11 is 5.86.